The van der Waals surface area contributed by atoms with Crippen LogP contribution in [0.25, 0.3) is 0 Å². The number of nitrogens with one attached hydrogen (secondary N) is 2. The van der Waals surface area contributed by atoms with Crippen LogP contribution in [-0.4, -0.2) is 48.6 Å². The first-order chi connectivity index (χ1) is 13.7. The van der Waals surface area contributed by atoms with Gasteiger partial charge in [-0.25, -0.2) is 9.37 Å². The lowest BCUT2D eigenvalue weighted by atomic mass is 10.0. The molecule has 5 nitrogen and oxygen atoms in total. The van der Waals surface area contributed by atoms with Crippen LogP contribution in [-0.2, 0) is 19.4 Å². The predicted molar refractivity (Wildman–Crippen MR) is 130 cm³/mol. The molecule has 160 valence electrons. The number of likely N-dealkylation sites (tertiary alicyclic amines) is 1. The van der Waals surface area contributed by atoms with Gasteiger partial charge in [0.15, 0.2) is 5.96 Å². The number of thiazole rings is 1. The monoisotopic (exact) mass is 531 g/mol. The minimum absolute atomic E-state index is 0. The Kier molecular flexibility index (Phi) is 10.3. The van der Waals surface area contributed by atoms with Crippen LogP contribution in [0.2, 0.25) is 0 Å². The number of hydrogen-bond acceptors (Lipinski definition) is 4. The molecule has 2 aromatic rings. The molecule has 0 atom stereocenters. The van der Waals surface area contributed by atoms with E-state index in [1.165, 1.54) is 27.6 Å². The minimum atomic E-state index is -0.175. The molecule has 0 spiro atoms. The van der Waals surface area contributed by atoms with Gasteiger partial charge < -0.3 is 10.6 Å². The van der Waals surface area contributed by atoms with Crippen LogP contribution in [0.5, 0.6) is 0 Å². The van der Waals surface area contributed by atoms with E-state index in [4.69, 9.17) is 0 Å². The summed E-state index contributed by atoms with van der Waals surface area (Å²) < 4.78 is 13.0. The van der Waals surface area contributed by atoms with E-state index >= 15 is 0 Å². The molecule has 0 aliphatic carbocycles. The van der Waals surface area contributed by atoms with Gasteiger partial charge in [0.2, 0.25) is 0 Å². The van der Waals surface area contributed by atoms with Gasteiger partial charge in [-0.1, -0.05) is 19.1 Å². The maximum absolute atomic E-state index is 13.0. The molecule has 3 rings (SSSR count). The summed E-state index contributed by atoms with van der Waals surface area (Å²) in [6.07, 6.45) is 6.10. The third kappa shape index (κ3) is 7.82. The van der Waals surface area contributed by atoms with Crippen LogP contribution in [0, 0.1) is 5.82 Å². The van der Waals surface area contributed by atoms with Gasteiger partial charge >= 0.3 is 0 Å². The molecular formula is C21H31FIN5S. The number of guanidine groups is 1. The van der Waals surface area contributed by atoms with E-state index in [9.17, 15) is 4.39 Å². The molecule has 0 unspecified atom stereocenters. The van der Waals surface area contributed by atoms with Gasteiger partial charge in [-0.15, -0.1) is 35.3 Å². The molecule has 2 N–H and O–H groups in total. The van der Waals surface area contributed by atoms with Crippen molar-refractivity contribution in [2.75, 3.05) is 26.7 Å². The molecule has 1 fully saturated rings. The van der Waals surface area contributed by atoms with Crippen molar-refractivity contribution in [3.05, 3.63) is 51.7 Å². The van der Waals surface area contributed by atoms with Crippen LogP contribution in [0.4, 0.5) is 4.39 Å². The van der Waals surface area contributed by atoms with E-state index in [1.807, 2.05) is 25.4 Å². The minimum Gasteiger partial charge on any atom is -0.356 e. The third-order valence-corrected chi connectivity index (χ3v) is 6.25. The van der Waals surface area contributed by atoms with Gasteiger partial charge in [-0.2, -0.15) is 0 Å². The first-order valence-electron chi connectivity index (χ1n) is 10.0. The molecule has 2 heterocycles. The van der Waals surface area contributed by atoms with Crippen LogP contribution in [0.15, 0.2) is 35.5 Å². The lowest BCUT2D eigenvalue weighted by Gasteiger charge is -2.33. The van der Waals surface area contributed by atoms with E-state index < -0.39 is 0 Å². The summed E-state index contributed by atoms with van der Waals surface area (Å²) in [6, 6.07) is 7.25. The highest BCUT2D eigenvalue weighted by molar-refractivity contribution is 14.0. The average molecular weight is 531 g/mol. The highest BCUT2D eigenvalue weighted by Gasteiger charge is 2.20. The summed E-state index contributed by atoms with van der Waals surface area (Å²) in [5, 5.41) is 8.13. The summed E-state index contributed by atoms with van der Waals surface area (Å²) in [4.78, 5) is 12.6. The summed E-state index contributed by atoms with van der Waals surface area (Å²) in [5.74, 6) is 0.690. The Hall–Kier alpha value is -1.26. The fourth-order valence-electron chi connectivity index (χ4n) is 3.39. The number of piperidine rings is 1. The molecule has 1 aliphatic heterocycles. The first-order valence-corrected chi connectivity index (χ1v) is 10.9. The third-order valence-electron chi connectivity index (χ3n) is 5.05. The Bertz CT molecular complexity index is 757. The van der Waals surface area contributed by atoms with Crippen molar-refractivity contribution in [3.63, 3.8) is 0 Å². The quantitative estimate of drug-likeness (QED) is 0.324. The second-order valence-corrected chi connectivity index (χ2v) is 8.34. The normalized spacial score (nSPS) is 15.8. The van der Waals surface area contributed by atoms with Gasteiger partial charge in [0.25, 0.3) is 0 Å². The number of hydrogen-bond donors (Lipinski definition) is 2. The molecular weight excluding hydrogens is 500 g/mol. The van der Waals surface area contributed by atoms with Crippen molar-refractivity contribution in [1.82, 2.24) is 20.5 Å². The summed E-state index contributed by atoms with van der Waals surface area (Å²) >= 11 is 1.79. The predicted octanol–water partition coefficient (Wildman–Crippen LogP) is 3.83. The van der Waals surface area contributed by atoms with Crippen molar-refractivity contribution in [2.45, 2.75) is 45.2 Å². The number of halogens is 2. The van der Waals surface area contributed by atoms with Gasteiger partial charge in [-0.3, -0.25) is 9.89 Å². The first kappa shape index (κ1) is 24.0. The molecule has 1 aliphatic rings. The molecule has 0 amide bonds. The molecule has 29 heavy (non-hydrogen) atoms. The summed E-state index contributed by atoms with van der Waals surface area (Å²) in [6.45, 7) is 5.94. The van der Waals surface area contributed by atoms with Gasteiger partial charge in [-0.05, 0) is 37.0 Å². The Labute approximate surface area is 194 Å². The van der Waals surface area contributed by atoms with Gasteiger partial charge in [0, 0.05) is 56.8 Å². The van der Waals surface area contributed by atoms with Gasteiger partial charge in [0.05, 0.1) is 5.01 Å². The molecule has 8 heteroatoms. The van der Waals surface area contributed by atoms with Crippen molar-refractivity contribution in [2.24, 2.45) is 4.99 Å². The Morgan fingerprint density at radius 2 is 2.00 bits per heavy atom. The number of nitrogens with zero attached hydrogens (tertiary/aromatic N) is 3. The fourth-order valence-corrected chi connectivity index (χ4v) is 4.25. The van der Waals surface area contributed by atoms with Crippen molar-refractivity contribution >= 4 is 41.3 Å². The summed E-state index contributed by atoms with van der Waals surface area (Å²) in [5.41, 5.74) is 1.17. The SMILES string of the molecule is CCc1cnc(CCNC(=NC)NC2CCN(Cc3ccc(F)cc3)CC2)s1.I. The molecule has 0 radical (unpaired) electrons. The number of aromatic nitrogens is 1. The van der Waals surface area contributed by atoms with Crippen molar-refractivity contribution in [1.29, 1.82) is 0 Å². The lowest BCUT2D eigenvalue weighted by molar-refractivity contribution is 0.198. The summed E-state index contributed by atoms with van der Waals surface area (Å²) in [7, 11) is 1.82. The zero-order chi connectivity index (χ0) is 19.8. The van der Waals surface area contributed by atoms with E-state index in [1.54, 1.807) is 11.3 Å². The maximum Gasteiger partial charge on any atom is 0.191 e. The van der Waals surface area contributed by atoms with E-state index in [0.29, 0.717) is 6.04 Å². The number of benzene rings is 1. The largest absolute Gasteiger partial charge is 0.356 e. The van der Waals surface area contributed by atoms with E-state index in [2.05, 4.69) is 32.4 Å². The zero-order valence-corrected chi connectivity index (χ0v) is 20.3. The van der Waals surface area contributed by atoms with E-state index in [-0.39, 0.29) is 29.8 Å². The highest BCUT2D eigenvalue weighted by atomic mass is 127. The van der Waals surface area contributed by atoms with Crippen LogP contribution in [0.1, 0.15) is 35.2 Å². The topological polar surface area (TPSA) is 52.6 Å². The number of aryl methyl sites for hydroxylation is 1. The van der Waals surface area contributed by atoms with Crippen molar-refractivity contribution < 1.29 is 4.39 Å². The standard InChI is InChI=1S/C21H30FN5S.HI/c1-3-19-14-25-20(28-19)8-11-24-21(23-2)26-18-9-12-27(13-10-18)15-16-4-6-17(22)7-5-16;/h4-7,14,18H,3,8-13,15H2,1-2H3,(H2,23,24,26);1H. The van der Waals surface area contributed by atoms with E-state index in [0.717, 1.165) is 57.8 Å². The molecule has 0 saturated carbocycles. The highest BCUT2D eigenvalue weighted by Crippen LogP contribution is 2.15. The Balaban J connectivity index is 0.00000300. The Morgan fingerprint density at radius 1 is 1.28 bits per heavy atom. The van der Waals surface area contributed by atoms with Crippen LogP contribution >= 0.6 is 35.3 Å². The van der Waals surface area contributed by atoms with Gasteiger partial charge in [0.1, 0.15) is 5.82 Å². The zero-order valence-electron chi connectivity index (χ0n) is 17.2. The van der Waals surface area contributed by atoms with Crippen LogP contribution in [0.3, 0.4) is 0 Å². The van der Waals surface area contributed by atoms with Crippen LogP contribution < -0.4 is 10.6 Å². The average Bonchev–Trinajstić information content (AvgIpc) is 3.18. The smallest absolute Gasteiger partial charge is 0.191 e. The molecule has 1 aromatic heterocycles. The van der Waals surface area contributed by atoms with Crippen molar-refractivity contribution in [3.8, 4) is 0 Å². The molecule has 1 saturated heterocycles. The fraction of sp³-hybridized carbons (Fsp3) is 0.524. The Morgan fingerprint density at radius 3 is 2.62 bits per heavy atom. The second kappa shape index (κ2) is 12.4. The number of rotatable bonds is 7. The maximum atomic E-state index is 13.0. The molecule has 1 aromatic carbocycles. The number of aliphatic imine (C=N–C) groups is 1. The molecule has 0 bridgehead atoms. The lowest BCUT2D eigenvalue weighted by Crippen LogP contribution is -2.48. The second-order valence-electron chi connectivity index (χ2n) is 7.14.